The highest BCUT2D eigenvalue weighted by atomic mass is 35.5. The number of aliphatic imine (C=N–C) groups is 2. The molecule has 2 fully saturated rings. The van der Waals surface area contributed by atoms with E-state index in [9.17, 15) is 27.2 Å². The van der Waals surface area contributed by atoms with Crippen molar-refractivity contribution in [2.45, 2.75) is 56.2 Å². The van der Waals surface area contributed by atoms with Crippen LogP contribution in [0.5, 0.6) is 5.75 Å². The number of benzene rings is 1. The fourth-order valence-electron chi connectivity index (χ4n) is 4.76. The second kappa shape index (κ2) is 11.8. The minimum atomic E-state index is -4.95. The topological polar surface area (TPSA) is 92.6 Å². The average molecular weight is 561 g/mol. The molecule has 8 nitrogen and oxygen atoms in total. The zero-order valence-electron chi connectivity index (χ0n) is 20.9. The maximum Gasteiger partial charge on any atom is 0.573 e. The van der Waals surface area contributed by atoms with Gasteiger partial charge in [-0.15, -0.1) is 13.2 Å². The molecule has 208 valence electrons. The van der Waals surface area contributed by atoms with E-state index >= 15 is 0 Å². The molecule has 1 aliphatic heterocycles. The van der Waals surface area contributed by atoms with Crippen molar-refractivity contribution >= 4 is 42.0 Å². The van der Waals surface area contributed by atoms with Crippen molar-refractivity contribution in [3.8, 4) is 5.75 Å². The number of carbonyl (C=O) groups is 2. The number of ether oxygens (including phenoxy) is 2. The number of nitrogens with one attached hydrogen (secondary N) is 1. The summed E-state index contributed by atoms with van der Waals surface area (Å²) in [6.45, 7) is 6.11. The van der Waals surface area contributed by atoms with Gasteiger partial charge in [0.15, 0.2) is 5.54 Å². The SMILES string of the molecule is C=N/C=C(\C=N/C)[C@](C)(C(=O)NC1CCC2(CC1)COC2)N(C(=O)[C@H](F)Cl)c1ccc(OC(F)(F)F)cc1. The van der Waals surface area contributed by atoms with E-state index in [1.165, 1.54) is 26.4 Å². The van der Waals surface area contributed by atoms with Gasteiger partial charge in [-0.1, -0.05) is 11.6 Å². The fraction of sp³-hybridized carbons (Fsp3) is 0.520. The third-order valence-electron chi connectivity index (χ3n) is 6.88. The van der Waals surface area contributed by atoms with Crippen LogP contribution in [-0.4, -0.2) is 68.6 Å². The van der Waals surface area contributed by atoms with Gasteiger partial charge < -0.3 is 14.8 Å². The minimum Gasteiger partial charge on any atom is -0.406 e. The number of anilines is 1. The third-order valence-corrected chi connectivity index (χ3v) is 7.07. The number of hydrogen-bond donors (Lipinski definition) is 1. The van der Waals surface area contributed by atoms with Gasteiger partial charge >= 0.3 is 6.36 Å². The van der Waals surface area contributed by atoms with Crippen LogP contribution in [0.1, 0.15) is 32.6 Å². The van der Waals surface area contributed by atoms with E-state index in [1.807, 2.05) is 0 Å². The zero-order valence-corrected chi connectivity index (χ0v) is 21.7. The Bertz CT molecular complexity index is 1080. The minimum absolute atomic E-state index is 0.0634. The third kappa shape index (κ3) is 6.52. The van der Waals surface area contributed by atoms with Crippen molar-refractivity contribution in [2.75, 3.05) is 25.2 Å². The number of hydrogen-bond acceptors (Lipinski definition) is 6. The molecule has 2 aliphatic rings. The summed E-state index contributed by atoms with van der Waals surface area (Å²) in [4.78, 5) is 35.5. The number of rotatable bonds is 9. The first kappa shape index (κ1) is 29.6. The highest BCUT2D eigenvalue weighted by Gasteiger charge is 2.49. The van der Waals surface area contributed by atoms with Crippen LogP contribution in [0, 0.1) is 5.41 Å². The van der Waals surface area contributed by atoms with Crippen molar-refractivity contribution in [2.24, 2.45) is 15.4 Å². The van der Waals surface area contributed by atoms with Gasteiger partial charge in [0.2, 0.25) is 0 Å². The van der Waals surface area contributed by atoms with Crippen LogP contribution in [0.3, 0.4) is 0 Å². The van der Waals surface area contributed by atoms with E-state index < -0.39 is 35.1 Å². The first-order valence-electron chi connectivity index (χ1n) is 11.8. The number of amides is 2. The maximum absolute atomic E-state index is 14.3. The second-order valence-electron chi connectivity index (χ2n) is 9.48. The van der Waals surface area contributed by atoms with Gasteiger partial charge in [0.25, 0.3) is 17.4 Å². The van der Waals surface area contributed by atoms with Crippen LogP contribution < -0.4 is 15.0 Å². The lowest BCUT2D eigenvalue weighted by Crippen LogP contribution is -2.63. The van der Waals surface area contributed by atoms with E-state index in [-0.39, 0.29) is 22.7 Å². The molecule has 1 aliphatic carbocycles. The van der Waals surface area contributed by atoms with Gasteiger partial charge in [0.1, 0.15) is 5.75 Å². The molecule has 13 heteroatoms. The molecule has 2 amide bonds. The Morgan fingerprint density at radius 3 is 2.32 bits per heavy atom. The zero-order chi connectivity index (χ0) is 28.1. The van der Waals surface area contributed by atoms with Crippen LogP contribution in [-0.2, 0) is 14.3 Å². The summed E-state index contributed by atoms with van der Waals surface area (Å²) in [5, 5.41) is 2.95. The smallest absolute Gasteiger partial charge is 0.406 e. The van der Waals surface area contributed by atoms with Crippen LogP contribution >= 0.6 is 11.6 Å². The highest BCUT2D eigenvalue weighted by Crippen LogP contribution is 2.42. The van der Waals surface area contributed by atoms with Gasteiger partial charge in [-0.2, -0.15) is 0 Å². The predicted molar refractivity (Wildman–Crippen MR) is 135 cm³/mol. The summed E-state index contributed by atoms with van der Waals surface area (Å²) in [6.07, 6.45) is 0.544. The first-order chi connectivity index (χ1) is 17.8. The lowest BCUT2D eigenvalue weighted by Gasteiger charge is -2.47. The van der Waals surface area contributed by atoms with Crippen molar-refractivity contribution in [1.29, 1.82) is 0 Å². The standard InChI is InChI=1S/C25H29ClF4N4O4/c1-23(16(12-31-2)13-32-3,22(36)33-17-8-10-24(11-9-17)14-37-15-24)34(21(35)20(26)27)18-4-6-19(7-5-18)38-25(28,29)30/h4-7,12-13,17,20H,2,8-11,14-15H2,1,3H3,(H,33,36)/b16-12+,32-13-/t20-,23+/m0/s1. The molecule has 0 radical (unpaired) electrons. The van der Waals surface area contributed by atoms with Crippen molar-refractivity contribution in [3.63, 3.8) is 0 Å². The molecule has 2 atom stereocenters. The van der Waals surface area contributed by atoms with Crippen LogP contribution in [0.4, 0.5) is 23.2 Å². The Kier molecular flexibility index (Phi) is 9.19. The molecule has 0 unspecified atom stereocenters. The quantitative estimate of drug-likeness (QED) is 0.272. The molecule has 38 heavy (non-hydrogen) atoms. The molecule has 3 rings (SSSR count). The molecular formula is C25H29ClF4N4O4. The Morgan fingerprint density at radius 1 is 1.26 bits per heavy atom. The molecular weight excluding hydrogens is 532 g/mol. The molecule has 1 saturated carbocycles. The lowest BCUT2D eigenvalue weighted by molar-refractivity contribution is -0.274. The Morgan fingerprint density at radius 2 is 1.87 bits per heavy atom. The van der Waals surface area contributed by atoms with E-state index in [0.29, 0.717) is 26.1 Å². The van der Waals surface area contributed by atoms with Crippen molar-refractivity contribution in [1.82, 2.24) is 5.32 Å². The Balaban J connectivity index is 2.03. The average Bonchev–Trinajstić information content (AvgIpc) is 2.83. The monoisotopic (exact) mass is 560 g/mol. The van der Waals surface area contributed by atoms with E-state index in [2.05, 4.69) is 26.8 Å². The maximum atomic E-state index is 14.3. The molecule has 1 N–H and O–H groups in total. The number of halogens is 5. The summed E-state index contributed by atoms with van der Waals surface area (Å²) in [5.41, 5.74) is -4.47. The van der Waals surface area contributed by atoms with Gasteiger partial charge in [-0.25, -0.2) is 4.39 Å². The van der Waals surface area contributed by atoms with E-state index in [4.69, 9.17) is 16.3 Å². The highest BCUT2D eigenvalue weighted by molar-refractivity contribution is 6.32. The largest absolute Gasteiger partial charge is 0.573 e. The number of nitrogens with zero attached hydrogens (tertiary/aromatic N) is 3. The van der Waals surface area contributed by atoms with E-state index in [0.717, 1.165) is 42.0 Å². The summed E-state index contributed by atoms with van der Waals surface area (Å²) in [5.74, 6) is -2.57. The van der Waals surface area contributed by atoms with Gasteiger partial charge in [-0.05, 0) is 63.6 Å². The lowest BCUT2D eigenvalue weighted by atomic mass is 9.71. The second-order valence-corrected chi connectivity index (χ2v) is 9.87. The van der Waals surface area contributed by atoms with Crippen molar-refractivity contribution in [3.05, 3.63) is 36.0 Å². The van der Waals surface area contributed by atoms with Crippen LogP contribution in [0.2, 0.25) is 0 Å². The fourth-order valence-corrected chi connectivity index (χ4v) is 4.86. The molecule has 1 saturated heterocycles. The summed E-state index contributed by atoms with van der Waals surface area (Å²) >= 11 is 5.54. The molecule has 1 aromatic rings. The van der Waals surface area contributed by atoms with E-state index in [1.54, 1.807) is 0 Å². The first-order valence-corrected chi connectivity index (χ1v) is 12.2. The van der Waals surface area contributed by atoms with Gasteiger partial charge in [0, 0.05) is 42.2 Å². The normalized spacial score (nSPS) is 20.3. The number of alkyl halides is 5. The molecule has 0 aromatic heterocycles. The predicted octanol–water partition coefficient (Wildman–Crippen LogP) is 4.57. The Hall–Kier alpha value is -2.99. The van der Waals surface area contributed by atoms with Gasteiger partial charge in [-0.3, -0.25) is 24.5 Å². The summed E-state index contributed by atoms with van der Waals surface area (Å²) < 4.78 is 61.5. The van der Waals surface area contributed by atoms with Gasteiger partial charge in [0.05, 0.1) is 13.2 Å². The molecule has 1 aromatic carbocycles. The number of carbonyl (C=O) groups excluding carboxylic acids is 2. The molecule has 1 heterocycles. The summed E-state index contributed by atoms with van der Waals surface area (Å²) in [6, 6.07) is 3.82. The van der Waals surface area contributed by atoms with Crippen LogP contribution in [0.15, 0.2) is 46.0 Å². The molecule has 1 spiro atoms. The van der Waals surface area contributed by atoms with Crippen LogP contribution in [0.25, 0.3) is 0 Å². The summed E-state index contributed by atoms with van der Waals surface area (Å²) in [7, 11) is 1.42. The van der Waals surface area contributed by atoms with Crippen molar-refractivity contribution < 1.29 is 36.6 Å². The Labute approximate surface area is 222 Å². The molecule has 0 bridgehead atoms.